The third kappa shape index (κ3) is 2.47. The Morgan fingerprint density at radius 2 is 1.56 bits per heavy atom. The first-order valence-corrected chi connectivity index (χ1v) is 5.60. The number of alkyl halides is 2. The van der Waals surface area contributed by atoms with Crippen molar-refractivity contribution in [3.8, 4) is 11.1 Å². The molecule has 0 nitrogen and oxygen atoms in total. The highest BCUT2D eigenvalue weighted by Gasteiger charge is 2.06. The lowest BCUT2D eigenvalue weighted by atomic mass is 10.0. The summed E-state index contributed by atoms with van der Waals surface area (Å²) in [4.78, 5) is 0. The molecule has 2 rings (SSSR count). The van der Waals surface area contributed by atoms with Crippen molar-refractivity contribution in [1.29, 1.82) is 0 Å². The zero-order valence-corrected chi connectivity index (χ0v) is 9.92. The summed E-state index contributed by atoms with van der Waals surface area (Å²) >= 11 is 3.38. The number of hydrogen-bond donors (Lipinski definition) is 0. The molecule has 0 saturated carbocycles. The zero-order chi connectivity index (χ0) is 11.5. The highest BCUT2D eigenvalue weighted by molar-refractivity contribution is 9.10. The van der Waals surface area contributed by atoms with Crippen LogP contribution >= 0.6 is 15.9 Å². The van der Waals surface area contributed by atoms with E-state index in [9.17, 15) is 8.78 Å². The highest BCUT2D eigenvalue weighted by atomic mass is 79.9. The third-order valence-corrected chi connectivity index (χ3v) is 2.81. The molecule has 0 fully saturated rings. The van der Waals surface area contributed by atoms with Gasteiger partial charge in [-0.3, -0.25) is 0 Å². The van der Waals surface area contributed by atoms with Crippen molar-refractivity contribution in [2.75, 3.05) is 0 Å². The molecule has 0 N–H and O–H groups in total. The van der Waals surface area contributed by atoms with Gasteiger partial charge >= 0.3 is 0 Å². The van der Waals surface area contributed by atoms with Crippen LogP contribution in [0.1, 0.15) is 12.0 Å². The van der Waals surface area contributed by atoms with Crippen molar-refractivity contribution in [3.63, 3.8) is 0 Å². The fraction of sp³-hybridized carbons (Fsp3) is 0.0769. The number of rotatable bonds is 2. The lowest BCUT2D eigenvalue weighted by Gasteiger charge is -2.04. The van der Waals surface area contributed by atoms with E-state index in [4.69, 9.17) is 0 Å². The first kappa shape index (κ1) is 11.3. The Hall–Kier alpha value is -1.22. The molecule has 2 aromatic carbocycles. The molecule has 0 atom stereocenters. The summed E-state index contributed by atoms with van der Waals surface area (Å²) in [5, 5.41) is 0. The van der Waals surface area contributed by atoms with Crippen molar-refractivity contribution in [2.24, 2.45) is 0 Å². The maximum Gasteiger partial charge on any atom is 0.263 e. The monoisotopic (exact) mass is 282 g/mol. The van der Waals surface area contributed by atoms with Gasteiger partial charge in [-0.1, -0.05) is 52.3 Å². The van der Waals surface area contributed by atoms with Gasteiger partial charge < -0.3 is 0 Å². The van der Waals surface area contributed by atoms with Gasteiger partial charge in [-0.25, -0.2) is 8.78 Å². The molecule has 0 saturated heterocycles. The quantitative estimate of drug-likeness (QED) is 0.723. The number of halogens is 3. The molecule has 3 heteroatoms. The van der Waals surface area contributed by atoms with Crippen molar-refractivity contribution in [3.05, 3.63) is 58.6 Å². The third-order valence-electron chi connectivity index (χ3n) is 2.32. The van der Waals surface area contributed by atoms with Gasteiger partial charge in [0.15, 0.2) is 0 Å². The normalized spacial score (nSPS) is 10.8. The van der Waals surface area contributed by atoms with E-state index < -0.39 is 6.43 Å². The Morgan fingerprint density at radius 3 is 2.12 bits per heavy atom. The molecule has 0 spiro atoms. The van der Waals surface area contributed by atoms with Gasteiger partial charge in [-0.2, -0.15) is 0 Å². The first-order chi connectivity index (χ1) is 7.66. The number of benzene rings is 2. The zero-order valence-electron chi connectivity index (χ0n) is 8.33. The van der Waals surface area contributed by atoms with Crippen molar-refractivity contribution in [1.82, 2.24) is 0 Å². The molecular formula is C13H9BrF2. The standard InChI is InChI=1S/C13H9BrF2/c14-12-3-1-2-11(8-12)9-4-6-10(7-5-9)13(15)16/h1-8,13H. The van der Waals surface area contributed by atoms with Crippen molar-refractivity contribution in [2.45, 2.75) is 6.43 Å². The van der Waals surface area contributed by atoms with E-state index in [2.05, 4.69) is 15.9 Å². The summed E-state index contributed by atoms with van der Waals surface area (Å²) in [7, 11) is 0. The lowest BCUT2D eigenvalue weighted by Crippen LogP contribution is -1.84. The van der Waals surface area contributed by atoms with Gasteiger partial charge in [0.25, 0.3) is 6.43 Å². The minimum atomic E-state index is -2.41. The van der Waals surface area contributed by atoms with Crippen molar-refractivity contribution >= 4 is 15.9 Å². The summed E-state index contributed by atoms with van der Waals surface area (Å²) in [5.41, 5.74) is 2.00. The van der Waals surface area contributed by atoms with Gasteiger partial charge in [0.1, 0.15) is 0 Å². The van der Waals surface area contributed by atoms with Crippen LogP contribution in [-0.4, -0.2) is 0 Å². The molecule has 0 unspecified atom stereocenters. The summed E-state index contributed by atoms with van der Waals surface area (Å²) in [6, 6.07) is 14.1. The maximum absolute atomic E-state index is 12.4. The van der Waals surface area contributed by atoms with Crippen LogP contribution in [0.3, 0.4) is 0 Å². The fourth-order valence-corrected chi connectivity index (χ4v) is 1.89. The fourth-order valence-electron chi connectivity index (χ4n) is 1.49. The molecule has 0 aliphatic rings. The van der Waals surface area contributed by atoms with E-state index >= 15 is 0 Å². The van der Waals surface area contributed by atoms with Crippen LogP contribution in [0.25, 0.3) is 11.1 Å². The molecular weight excluding hydrogens is 274 g/mol. The Kier molecular flexibility index (Phi) is 3.34. The molecule has 0 bridgehead atoms. The summed E-state index contributed by atoms with van der Waals surface area (Å²) in [5.74, 6) is 0. The van der Waals surface area contributed by atoms with E-state index in [0.29, 0.717) is 0 Å². The average Bonchev–Trinajstić information content (AvgIpc) is 2.29. The summed E-state index contributed by atoms with van der Waals surface area (Å²) < 4.78 is 25.7. The van der Waals surface area contributed by atoms with E-state index in [0.717, 1.165) is 15.6 Å². The molecule has 82 valence electrons. The minimum absolute atomic E-state index is 0.0544. The second kappa shape index (κ2) is 4.74. The van der Waals surface area contributed by atoms with Gasteiger partial charge in [0.2, 0.25) is 0 Å². The smallest absolute Gasteiger partial charge is 0.205 e. The molecule has 0 radical (unpaired) electrons. The molecule has 0 amide bonds. The molecule has 0 aromatic heterocycles. The Morgan fingerprint density at radius 1 is 0.875 bits per heavy atom. The van der Waals surface area contributed by atoms with Crippen LogP contribution in [-0.2, 0) is 0 Å². The Balaban J connectivity index is 2.35. The van der Waals surface area contributed by atoms with Crippen LogP contribution in [0.5, 0.6) is 0 Å². The van der Waals surface area contributed by atoms with Crippen LogP contribution in [0.15, 0.2) is 53.0 Å². The molecule has 0 aliphatic heterocycles. The van der Waals surface area contributed by atoms with Gasteiger partial charge in [-0.15, -0.1) is 0 Å². The largest absolute Gasteiger partial charge is 0.263 e. The minimum Gasteiger partial charge on any atom is -0.205 e. The van der Waals surface area contributed by atoms with Crippen LogP contribution in [0.2, 0.25) is 0 Å². The van der Waals surface area contributed by atoms with E-state index in [1.807, 2.05) is 24.3 Å². The average molecular weight is 283 g/mol. The highest BCUT2D eigenvalue weighted by Crippen LogP contribution is 2.25. The topological polar surface area (TPSA) is 0 Å². The van der Waals surface area contributed by atoms with Crippen LogP contribution in [0, 0.1) is 0 Å². The summed E-state index contributed by atoms with van der Waals surface area (Å²) in [6.45, 7) is 0. The Labute approximate surface area is 101 Å². The molecule has 0 heterocycles. The first-order valence-electron chi connectivity index (χ1n) is 4.81. The molecule has 0 aliphatic carbocycles. The van der Waals surface area contributed by atoms with Gasteiger partial charge in [0.05, 0.1) is 0 Å². The van der Waals surface area contributed by atoms with Gasteiger partial charge in [-0.05, 0) is 23.3 Å². The van der Waals surface area contributed by atoms with E-state index in [1.165, 1.54) is 12.1 Å². The van der Waals surface area contributed by atoms with Gasteiger partial charge in [0, 0.05) is 10.0 Å². The predicted molar refractivity (Wildman–Crippen MR) is 64.5 cm³/mol. The second-order valence-corrected chi connectivity index (χ2v) is 4.35. The molecule has 2 aromatic rings. The van der Waals surface area contributed by atoms with Crippen LogP contribution < -0.4 is 0 Å². The number of hydrogen-bond acceptors (Lipinski definition) is 0. The Bertz CT molecular complexity index is 478. The lowest BCUT2D eigenvalue weighted by molar-refractivity contribution is 0.151. The SMILES string of the molecule is FC(F)c1ccc(-c2cccc(Br)c2)cc1. The van der Waals surface area contributed by atoms with E-state index in [1.54, 1.807) is 12.1 Å². The maximum atomic E-state index is 12.4. The van der Waals surface area contributed by atoms with E-state index in [-0.39, 0.29) is 5.56 Å². The predicted octanol–water partition coefficient (Wildman–Crippen LogP) is 5.05. The van der Waals surface area contributed by atoms with Crippen molar-refractivity contribution < 1.29 is 8.78 Å². The van der Waals surface area contributed by atoms with Crippen LogP contribution in [0.4, 0.5) is 8.78 Å². The second-order valence-electron chi connectivity index (χ2n) is 3.43. The molecule has 16 heavy (non-hydrogen) atoms. The summed E-state index contributed by atoms with van der Waals surface area (Å²) in [6.07, 6.45) is -2.41.